The first-order valence-electron chi connectivity index (χ1n) is 17.2. The molecule has 0 aromatic carbocycles. The zero-order valence-electron chi connectivity index (χ0n) is 26.1. The van der Waals surface area contributed by atoms with E-state index in [9.17, 15) is 9.59 Å². The molecule has 4 saturated carbocycles. The fourth-order valence-corrected chi connectivity index (χ4v) is 11.8. The van der Waals surface area contributed by atoms with Crippen LogP contribution in [-0.4, -0.2) is 67.4 Å². The van der Waals surface area contributed by atoms with E-state index in [2.05, 4.69) is 38.3 Å². The molecule has 3 aliphatic heterocycles. The largest absolute Gasteiger partial charge is 0.353 e. The number of nitrogens with zero attached hydrogens (tertiary/aromatic N) is 1. The minimum absolute atomic E-state index is 0.00241. The standard InChI is InChI=1S/C34H55N3O4/c1-21-7-12-34(40-20-21)22(2)31-28(41-34)18-27-25-6-5-23-17-24(8-10-32(23,3)26(25)9-11-33(27,31)4)36-29(38)19-30(39)37-15-13-35-14-16-37/h21-28,31,35H,5-20H2,1-4H3,(H,36,38)/t21-,22-,23+,24+,25+,26-,27-,28-,31-,32-,33-,34+/m0/s1. The number of piperazine rings is 1. The summed E-state index contributed by atoms with van der Waals surface area (Å²) in [5.41, 5.74) is 0.739. The highest BCUT2D eigenvalue weighted by molar-refractivity contribution is 5.97. The molecule has 230 valence electrons. The molecular weight excluding hydrogens is 514 g/mol. The van der Waals surface area contributed by atoms with Crippen LogP contribution in [0.1, 0.15) is 98.3 Å². The number of hydrogen-bond acceptors (Lipinski definition) is 5. The van der Waals surface area contributed by atoms with E-state index in [1.54, 1.807) is 0 Å². The zero-order valence-corrected chi connectivity index (χ0v) is 26.1. The van der Waals surface area contributed by atoms with Crippen LogP contribution in [0.4, 0.5) is 0 Å². The summed E-state index contributed by atoms with van der Waals surface area (Å²) in [5, 5.41) is 6.56. The molecule has 3 heterocycles. The van der Waals surface area contributed by atoms with Crippen molar-refractivity contribution in [2.45, 2.75) is 116 Å². The van der Waals surface area contributed by atoms with E-state index in [1.807, 2.05) is 4.90 Å². The van der Waals surface area contributed by atoms with Crippen molar-refractivity contribution in [3.63, 3.8) is 0 Å². The topological polar surface area (TPSA) is 79.9 Å². The predicted octanol–water partition coefficient (Wildman–Crippen LogP) is 4.74. The van der Waals surface area contributed by atoms with Crippen molar-refractivity contribution in [3.8, 4) is 0 Å². The van der Waals surface area contributed by atoms with Gasteiger partial charge in [-0.1, -0.05) is 27.7 Å². The van der Waals surface area contributed by atoms with Crippen LogP contribution in [0.25, 0.3) is 0 Å². The quantitative estimate of drug-likeness (QED) is 0.480. The highest BCUT2D eigenvalue weighted by Crippen LogP contribution is 2.71. The van der Waals surface area contributed by atoms with Crippen molar-refractivity contribution in [3.05, 3.63) is 0 Å². The Labute approximate surface area is 247 Å². The lowest BCUT2D eigenvalue weighted by Gasteiger charge is -2.61. The highest BCUT2D eigenvalue weighted by Gasteiger charge is 2.69. The number of rotatable bonds is 3. The third-order valence-corrected chi connectivity index (χ3v) is 14.1. The van der Waals surface area contributed by atoms with Crippen LogP contribution in [0, 0.1) is 52.3 Å². The van der Waals surface area contributed by atoms with Gasteiger partial charge in [0.05, 0.1) is 12.7 Å². The van der Waals surface area contributed by atoms with Crippen LogP contribution in [0.5, 0.6) is 0 Å². The first-order valence-corrected chi connectivity index (χ1v) is 17.2. The van der Waals surface area contributed by atoms with E-state index in [4.69, 9.17) is 9.47 Å². The molecule has 0 bridgehead atoms. The van der Waals surface area contributed by atoms with Gasteiger partial charge in [0.25, 0.3) is 0 Å². The number of fused-ring (bicyclic) bond motifs is 7. The van der Waals surface area contributed by atoms with Crippen LogP contribution in [0.3, 0.4) is 0 Å². The lowest BCUT2D eigenvalue weighted by atomic mass is 9.44. The van der Waals surface area contributed by atoms with Gasteiger partial charge in [-0.05, 0) is 104 Å². The summed E-state index contributed by atoms with van der Waals surface area (Å²) in [4.78, 5) is 27.3. The average Bonchev–Trinajstić information content (AvgIpc) is 3.40. The van der Waals surface area contributed by atoms with Crippen molar-refractivity contribution in [1.29, 1.82) is 0 Å². The minimum atomic E-state index is -0.325. The first kappa shape index (κ1) is 28.6. The number of nitrogens with one attached hydrogen (secondary N) is 2. The maximum Gasteiger partial charge on any atom is 0.232 e. The number of ether oxygens (including phenoxy) is 2. The second-order valence-electron chi connectivity index (χ2n) is 16.0. The Kier molecular flexibility index (Phi) is 7.30. The molecule has 7 heteroatoms. The van der Waals surface area contributed by atoms with E-state index in [0.29, 0.717) is 53.7 Å². The summed E-state index contributed by atoms with van der Waals surface area (Å²) in [6.07, 6.45) is 12.5. The smallest absolute Gasteiger partial charge is 0.232 e. The third-order valence-electron chi connectivity index (χ3n) is 14.1. The Hall–Kier alpha value is -1.18. The normalized spacial score (nSPS) is 50.9. The van der Waals surface area contributed by atoms with Gasteiger partial charge in [-0.15, -0.1) is 0 Å². The SMILES string of the molecule is C[C@H]1CC[C@@]2(OC1)O[C@H]1C[C@H]3[C@@H]4CC[C@@H]5C[C@H](NC(=O)CC(=O)N6CCNCC6)CC[C@]5(C)[C@H]4CC[C@]3(C)[C@H]1[C@@H]2C. The average molecular weight is 570 g/mol. The van der Waals surface area contributed by atoms with E-state index < -0.39 is 0 Å². The van der Waals surface area contributed by atoms with Crippen LogP contribution in [-0.2, 0) is 19.1 Å². The van der Waals surface area contributed by atoms with Gasteiger partial charge in [0.15, 0.2) is 5.79 Å². The summed E-state index contributed by atoms with van der Waals surface area (Å²) in [6.45, 7) is 13.9. The monoisotopic (exact) mass is 569 g/mol. The Morgan fingerprint density at radius 3 is 2.46 bits per heavy atom. The summed E-state index contributed by atoms with van der Waals surface area (Å²) in [6, 6.07) is 0.219. The maximum absolute atomic E-state index is 12.8. The summed E-state index contributed by atoms with van der Waals surface area (Å²) in [7, 11) is 0. The Morgan fingerprint density at radius 2 is 1.71 bits per heavy atom. The number of amides is 2. The van der Waals surface area contributed by atoms with Gasteiger partial charge in [0.1, 0.15) is 6.42 Å². The van der Waals surface area contributed by atoms with E-state index >= 15 is 0 Å². The summed E-state index contributed by atoms with van der Waals surface area (Å²) in [5.74, 6) is 4.37. The van der Waals surface area contributed by atoms with Crippen molar-refractivity contribution in [1.82, 2.24) is 15.5 Å². The molecule has 4 aliphatic carbocycles. The predicted molar refractivity (Wildman–Crippen MR) is 158 cm³/mol. The molecule has 12 atom stereocenters. The van der Waals surface area contributed by atoms with Crippen LogP contribution < -0.4 is 10.6 Å². The lowest BCUT2D eigenvalue weighted by molar-refractivity contribution is -0.273. The second kappa shape index (κ2) is 10.5. The highest BCUT2D eigenvalue weighted by atomic mass is 16.7. The van der Waals surface area contributed by atoms with E-state index in [1.165, 1.54) is 44.9 Å². The van der Waals surface area contributed by atoms with Crippen molar-refractivity contribution in [2.75, 3.05) is 32.8 Å². The molecule has 1 spiro atoms. The maximum atomic E-state index is 12.8. The fraction of sp³-hybridized carbons (Fsp3) is 0.941. The summed E-state index contributed by atoms with van der Waals surface area (Å²) < 4.78 is 13.5. The second-order valence-corrected chi connectivity index (χ2v) is 16.0. The molecule has 2 amide bonds. The Morgan fingerprint density at radius 1 is 0.927 bits per heavy atom. The van der Waals surface area contributed by atoms with Crippen molar-refractivity contribution >= 4 is 11.8 Å². The minimum Gasteiger partial charge on any atom is -0.353 e. The van der Waals surface area contributed by atoms with E-state index in [-0.39, 0.29) is 30.1 Å². The Balaban J connectivity index is 0.984. The van der Waals surface area contributed by atoms with Gasteiger partial charge in [-0.3, -0.25) is 9.59 Å². The molecule has 0 radical (unpaired) electrons. The van der Waals surface area contributed by atoms with Gasteiger partial charge < -0.3 is 25.0 Å². The lowest BCUT2D eigenvalue weighted by Crippen LogP contribution is -2.56. The molecule has 0 aromatic heterocycles. The Bertz CT molecular complexity index is 1020. The van der Waals surface area contributed by atoms with Crippen molar-refractivity contribution in [2.24, 2.45) is 52.3 Å². The van der Waals surface area contributed by atoms with Gasteiger partial charge in [-0.25, -0.2) is 0 Å². The summed E-state index contributed by atoms with van der Waals surface area (Å²) >= 11 is 0. The number of carbonyl (C=O) groups is 2. The molecule has 3 saturated heterocycles. The zero-order chi connectivity index (χ0) is 28.6. The molecule has 7 rings (SSSR count). The third kappa shape index (κ3) is 4.61. The van der Waals surface area contributed by atoms with Gasteiger partial charge in [0.2, 0.25) is 11.8 Å². The molecule has 0 unspecified atom stereocenters. The molecule has 7 fully saturated rings. The van der Waals surface area contributed by atoms with Gasteiger partial charge in [-0.2, -0.15) is 0 Å². The molecule has 7 nitrogen and oxygen atoms in total. The first-order chi connectivity index (χ1) is 19.6. The van der Waals surface area contributed by atoms with E-state index in [0.717, 1.165) is 56.7 Å². The van der Waals surface area contributed by atoms with Crippen LogP contribution in [0.2, 0.25) is 0 Å². The van der Waals surface area contributed by atoms with Crippen molar-refractivity contribution < 1.29 is 19.1 Å². The molecule has 41 heavy (non-hydrogen) atoms. The van der Waals surface area contributed by atoms with Crippen LogP contribution in [0.15, 0.2) is 0 Å². The molecular formula is C34H55N3O4. The molecule has 7 aliphatic rings. The fourth-order valence-electron chi connectivity index (χ4n) is 11.8. The van der Waals surface area contributed by atoms with Crippen LogP contribution >= 0.6 is 0 Å². The van der Waals surface area contributed by atoms with Gasteiger partial charge >= 0.3 is 0 Å². The number of carbonyl (C=O) groups excluding carboxylic acids is 2. The molecule has 2 N–H and O–H groups in total. The number of hydrogen-bond donors (Lipinski definition) is 2. The molecule has 0 aromatic rings. The van der Waals surface area contributed by atoms with Gasteiger partial charge in [0, 0.05) is 44.6 Å².